The number of cyclic esters (lactones) is 2. The van der Waals surface area contributed by atoms with Crippen molar-refractivity contribution in [2.45, 2.75) is 26.6 Å². The molecular formula is C19H16FNO4. The first-order chi connectivity index (χ1) is 11.7. The zero-order valence-corrected chi connectivity index (χ0v) is 14.0. The Bertz CT molecular complexity index is 863. The number of rotatable bonds is 2. The summed E-state index contributed by atoms with van der Waals surface area (Å²) >= 11 is 0. The van der Waals surface area contributed by atoms with Crippen molar-refractivity contribution in [1.29, 1.82) is 0 Å². The molecule has 1 aromatic carbocycles. The molecule has 0 saturated carbocycles. The first kappa shape index (κ1) is 16.8. The van der Waals surface area contributed by atoms with Crippen LogP contribution in [0.5, 0.6) is 0 Å². The smallest absolute Gasteiger partial charge is 0.348 e. The Balaban J connectivity index is 1.99. The highest BCUT2D eigenvalue weighted by Gasteiger charge is 2.38. The molecular weight excluding hydrogens is 325 g/mol. The third kappa shape index (κ3) is 3.74. The lowest BCUT2D eigenvalue weighted by molar-refractivity contribution is -0.222. The van der Waals surface area contributed by atoms with Gasteiger partial charge >= 0.3 is 11.9 Å². The molecule has 2 heterocycles. The lowest BCUT2D eigenvalue weighted by Crippen LogP contribution is -2.41. The molecule has 128 valence electrons. The highest BCUT2D eigenvalue weighted by Crippen LogP contribution is 2.27. The van der Waals surface area contributed by atoms with E-state index in [1.165, 1.54) is 32.2 Å². The number of hydrogen-bond acceptors (Lipinski definition) is 5. The molecule has 2 aromatic rings. The molecule has 0 atom stereocenters. The molecule has 5 nitrogen and oxygen atoms in total. The van der Waals surface area contributed by atoms with Gasteiger partial charge in [-0.2, -0.15) is 4.39 Å². The van der Waals surface area contributed by atoms with E-state index in [1.54, 1.807) is 12.1 Å². The molecule has 0 radical (unpaired) electrons. The highest BCUT2D eigenvalue weighted by molar-refractivity contribution is 6.18. The van der Waals surface area contributed by atoms with Gasteiger partial charge in [0.05, 0.1) is 0 Å². The molecule has 1 aliphatic heterocycles. The van der Waals surface area contributed by atoms with Crippen molar-refractivity contribution in [3.8, 4) is 11.1 Å². The third-order valence-electron chi connectivity index (χ3n) is 3.59. The zero-order chi connectivity index (χ0) is 18.2. The largest absolute Gasteiger partial charge is 0.419 e. The van der Waals surface area contributed by atoms with E-state index in [-0.39, 0.29) is 5.57 Å². The van der Waals surface area contributed by atoms with Gasteiger partial charge in [0.1, 0.15) is 5.57 Å². The lowest BCUT2D eigenvalue weighted by atomic mass is 10.00. The van der Waals surface area contributed by atoms with Gasteiger partial charge in [-0.1, -0.05) is 12.1 Å². The van der Waals surface area contributed by atoms with Crippen LogP contribution in [0.25, 0.3) is 17.2 Å². The first-order valence-corrected chi connectivity index (χ1v) is 7.65. The number of ether oxygens (including phenoxy) is 2. The summed E-state index contributed by atoms with van der Waals surface area (Å²) in [5.74, 6) is -3.29. The SMILES string of the molecule is Cc1cc(C=C2C(=O)OC(C)(C)OC2=O)cc(-c2ccc(F)nc2)c1. The van der Waals surface area contributed by atoms with E-state index in [4.69, 9.17) is 9.47 Å². The highest BCUT2D eigenvalue weighted by atomic mass is 19.1. The lowest BCUT2D eigenvalue weighted by Gasteiger charge is -2.29. The number of hydrogen-bond donors (Lipinski definition) is 0. The summed E-state index contributed by atoms with van der Waals surface area (Å²) in [5, 5.41) is 0. The van der Waals surface area contributed by atoms with Crippen LogP contribution < -0.4 is 0 Å². The monoisotopic (exact) mass is 341 g/mol. The molecule has 1 saturated heterocycles. The van der Waals surface area contributed by atoms with Crippen LogP contribution in [0.3, 0.4) is 0 Å². The summed E-state index contributed by atoms with van der Waals surface area (Å²) in [4.78, 5) is 27.8. The second kappa shape index (κ2) is 6.12. The third-order valence-corrected chi connectivity index (χ3v) is 3.59. The topological polar surface area (TPSA) is 65.5 Å². The summed E-state index contributed by atoms with van der Waals surface area (Å²) in [7, 11) is 0. The molecule has 0 unspecified atom stereocenters. The number of esters is 2. The van der Waals surface area contributed by atoms with Crippen LogP contribution in [-0.4, -0.2) is 22.7 Å². The second-order valence-corrected chi connectivity index (χ2v) is 6.24. The van der Waals surface area contributed by atoms with Gasteiger partial charge in [-0.15, -0.1) is 0 Å². The van der Waals surface area contributed by atoms with Gasteiger partial charge in [0, 0.05) is 25.6 Å². The Hall–Kier alpha value is -3.02. The summed E-state index contributed by atoms with van der Waals surface area (Å²) in [5.41, 5.74) is 2.87. The van der Waals surface area contributed by atoms with E-state index in [1.807, 2.05) is 19.1 Å². The maximum absolute atomic E-state index is 13.0. The van der Waals surface area contributed by atoms with Crippen molar-refractivity contribution >= 4 is 18.0 Å². The van der Waals surface area contributed by atoms with Gasteiger partial charge in [-0.05, 0) is 47.9 Å². The van der Waals surface area contributed by atoms with E-state index < -0.39 is 23.7 Å². The standard InChI is InChI=1S/C19H16FNO4/c1-11-6-12(8-14(7-11)13-4-5-16(20)21-10-13)9-15-17(22)24-19(2,3)25-18(15)23/h4-10H,1-3H3. The van der Waals surface area contributed by atoms with Crippen LogP contribution in [0.15, 0.2) is 42.1 Å². The van der Waals surface area contributed by atoms with Crippen LogP contribution >= 0.6 is 0 Å². The summed E-state index contributed by atoms with van der Waals surface area (Å²) in [6.07, 6.45) is 2.85. The molecule has 25 heavy (non-hydrogen) atoms. The molecule has 3 rings (SSSR count). The minimum absolute atomic E-state index is 0.173. The molecule has 0 N–H and O–H groups in total. The van der Waals surface area contributed by atoms with Crippen LogP contribution in [0.1, 0.15) is 25.0 Å². The van der Waals surface area contributed by atoms with Gasteiger partial charge in [-0.3, -0.25) is 0 Å². The molecule has 1 aromatic heterocycles. The second-order valence-electron chi connectivity index (χ2n) is 6.24. The van der Waals surface area contributed by atoms with Crippen molar-refractivity contribution in [2.75, 3.05) is 0 Å². The minimum atomic E-state index is -1.27. The minimum Gasteiger partial charge on any atom is -0.419 e. The van der Waals surface area contributed by atoms with Crippen LogP contribution in [-0.2, 0) is 19.1 Å². The number of nitrogens with zero attached hydrogens (tertiary/aromatic N) is 1. The van der Waals surface area contributed by atoms with Gasteiger partial charge < -0.3 is 9.47 Å². The number of carbonyl (C=O) groups is 2. The summed E-state index contributed by atoms with van der Waals surface area (Å²) in [6, 6.07) is 8.37. The zero-order valence-electron chi connectivity index (χ0n) is 14.0. The maximum Gasteiger partial charge on any atom is 0.348 e. The number of carbonyl (C=O) groups excluding carboxylic acids is 2. The predicted molar refractivity (Wildman–Crippen MR) is 88.6 cm³/mol. The molecule has 0 aliphatic carbocycles. The van der Waals surface area contributed by atoms with Crippen molar-refractivity contribution in [2.24, 2.45) is 0 Å². The number of aromatic nitrogens is 1. The van der Waals surface area contributed by atoms with E-state index in [0.29, 0.717) is 5.56 Å². The summed E-state index contributed by atoms with van der Waals surface area (Å²) < 4.78 is 23.2. The molecule has 1 fully saturated rings. The Kier molecular flexibility index (Phi) is 4.12. The molecule has 1 aliphatic rings. The van der Waals surface area contributed by atoms with Gasteiger partial charge in [-0.25, -0.2) is 14.6 Å². The summed E-state index contributed by atoms with van der Waals surface area (Å²) in [6.45, 7) is 4.86. The van der Waals surface area contributed by atoms with E-state index in [0.717, 1.165) is 16.7 Å². The normalized spacial score (nSPS) is 16.2. The average molecular weight is 341 g/mol. The van der Waals surface area contributed by atoms with Gasteiger partial charge in [0.25, 0.3) is 5.79 Å². The quantitative estimate of drug-likeness (QED) is 0.362. The number of benzene rings is 1. The predicted octanol–water partition coefficient (Wildman–Crippen LogP) is 3.42. The first-order valence-electron chi connectivity index (χ1n) is 7.65. The van der Waals surface area contributed by atoms with Crippen molar-refractivity contribution < 1.29 is 23.5 Å². The van der Waals surface area contributed by atoms with Crippen LogP contribution in [0.4, 0.5) is 4.39 Å². The van der Waals surface area contributed by atoms with E-state index in [9.17, 15) is 14.0 Å². The molecule has 0 bridgehead atoms. The maximum atomic E-state index is 13.0. The van der Waals surface area contributed by atoms with Crippen LogP contribution in [0.2, 0.25) is 0 Å². The number of halogens is 1. The Morgan fingerprint density at radius 2 is 1.72 bits per heavy atom. The number of aryl methyl sites for hydroxylation is 1. The van der Waals surface area contributed by atoms with E-state index in [2.05, 4.69) is 4.98 Å². The molecule has 6 heteroatoms. The Labute approximate surface area is 144 Å². The van der Waals surface area contributed by atoms with Crippen molar-refractivity contribution in [3.05, 3.63) is 59.2 Å². The fraction of sp³-hybridized carbons (Fsp3) is 0.211. The van der Waals surface area contributed by atoms with Gasteiger partial charge in [0.2, 0.25) is 5.95 Å². The number of pyridine rings is 1. The Morgan fingerprint density at radius 3 is 2.32 bits per heavy atom. The van der Waals surface area contributed by atoms with Crippen molar-refractivity contribution in [3.63, 3.8) is 0 Å². The van der Waals surface area contributed by atoms with Crippen LogP contribution in [0, 0.1) is 12.9 Å². The van der Waals surface area contributed by atoms with Gasteiger partial charge in [0.15, 0.2) is 0 Å². The fourth-order valence-corrected chi connectivity index (χ4v) is 2.55. The van der Waals surface area contributed by atoms with Crippen molar-refractivity contribution in [1.82, 2.24) is 4.98 Å². The molecule has 0 amide bonds. The Morgan fingerprint density at radius 1 is 1.04 bits per heavy atom. The fourth-order valence-electron chi connectivity index (χ4n) is 2.55. The molecule has 0 spiro atoms. The van der Waals surface area contributed by atoms with E-state index >= 15 is 0 Å². The average Bonchev–Trinajstić information content (AvgIpc) is 2.50.